The maximum atomic E-state index is 12.0. The Morgan fingerprint density at radius 3 is 2.09 bits per heavy atom. The first kappa shape index (κ1) is 16.6. The van der Waals surface area contributed by atoms with Gasteiger partial charge in [-0.2, -0.15) is 0 Å². The number of benzene rings is 1. The van der Waals surface area contributed by atoms with Crippen molar-refractivity contribution in [2.24, 2.45) is 11.7 Å². The Hall–Kier alpha value is -1.74. The van der Waals surface area contributed by atoms with Gasteiger partial charge in [-0.05, 0) is 44.4 Å². The van der Waals surface area contributed by atoms with E-state index in [9.17, 15) is 4.79 Å². The van der Waals surface area contributed by atoms with E-state index in [1.165, 1.54) is 0 Å². The van der Waals surface area contributed by atoms with E-state index in [2.05, 4.69) is 25.3 Å². The standard InChI is InChI=1S/C18H23ClN2O/c1-10(2)11(3)21-12(4)16(17(13(21)5)18(20)22)14-6-8-15(19)9-7-14/h6-11H,1-5H3,(H2,20,22). The number of nitrogens with zero attached hydrogens (tertiary/aromatic N) is 1. The summed E-state index contributed by atoms with van der Waals surface area (Å²) in [5.41, 5.74) is 10.1. The zero-order chi connectivity index (χ0) is 16.6. The lowest BCUT2D eigenvalue weighted by molar-refractivity contribution is 0.1000. The van der Waals surface area contributed by atoms with Gasteiger partial charge in [0.1, 0.15) is 0 Å². The maximum Gasteiger partial charge on any atom is 0.251 e. The smallest absolute Gasteiger partial charge is 0.251 e. The van der Waals surface area contributed by atoms with E-state index >= 15 is 0 Å². The monoisotopic (exact) mass is 318 g/mol. The minimum atomic E-state index is -0.389. The van der Waals surface area contributed by atoms with Crippen molar-refractivity contribution in [3.63, 3.8) is 0 Å². The van der Waals surface area contributed by atoms with E-state index in [-0.39, 0.29) is 5.91 Å². The van der Waals surface area contributed by atoms with Crippen LogP contribution in [0.3, 0.4) is 0 Å². The van der Waals surface area contributed by atoms with Gasteiger partial charge in [-0.3, -0.25) is 4.79 Å². The summed E-state index contributed by atoms with van der Waals surface area (Å²) in [5, 5.41) is 0.675. The molecular weight excluding hydrogens is 296 g/mol. The van der Waals surface area contributed by atoms with Crippen LogP contribution in [0, 0.1) is 19.8 Å². The van der Waals surface area contributed by atoms with Crippen LogP contribution in [-0.4, -0.2) is 10.5 Å². The Morgan fingerprint density at radius 2 is 1.64 bits per heavy atom. The predicted molar refractivity (Wildman–Crippen MR) is 92.4 cm³/mol. The van der Waals surface area contributed by atoms with Crippen molar-refractivity contribution < 1.29 is 4.79 Å². The number of amides is 1. The summed E-state index contributed by atoms with van der Waals surface area (Å²) in [7, 11) is 0. The van der Waals surface area contributed by atoms with Crippen molar-refractivity contribution in [2.45, 2.75) is 40.7 Å². The molecule has 0 saturated heterocycles. The molecule has 1 aromatic heterocycles. The number of hydrogen-bond acceptors (Lipinski definition) is 1. The van der Waals surface area contributed by atoms with Crippen LogP contribution in [0.5, 0.6) is 0 Å². The molecule has 0 radical (unpaired) electrons. The lowest BCUT2D eigenvalue weighted by Gasteiger charge is -2.22. The average molecular weight is 319 g/mol. The van der Waals surface area contributed by atoms with Gasteiger partial charge in [-0.15, -0.1) is 0 Å². The fraction of sp³-hybridized carbons (Fsp3) is 0.389. The zero-order valence-corrected chi connectivity index (χ0v) is 14.5. The molecule has 2 aromatic rings. The number of carbonyl (C=O) groups is 1. The normalized spacial score (nSPS) is 12.7. The van der Waals surface area contributed by atoms with Gasteiger partial charge in [0.25, 0.3) is 5.91 Å². The number of halogens is 1. The first-order valence-corrected chi connectivity index (χ1v) is 7.90. The lowest BCUT2D eigenvalue weighted by atomic mass is 10.0. The molecule has 0 bridgehead atoms. The van der Waals surface area contributed by atoms with E-state index in [1.54, 1.807) is 0 Å². The highest BCUT2D eigenvalue weighted by molar-refractivity contribution is 6.30. The second-order valence-corrected chi connectivity index (χ2v) is 6.58. The molecule has 1 heterocycles. The minimum absolute atomic E-state index is 0.291. The molecule has 118 valence electrons. The third-order valence-electron chi connectivity index (χ3n) is 4.45. The highest BCUT2D eigenvalue weighted by Gasteiger charge is 2.25. The fourth-order valence-electron chi connectivity index (χ4n) is 3.03. The van der Waals surface area contributed by atoms with Crippen molar-refractivity contribution >= 4 is 17.5 Å². The number of rotatable bonds is 4. The molecule has 0 fully saturated rings. The SMILES string of the molecule is Cc1c(C(N)=O)c(-c2ccc(Cl)cc2)c(C)n1C(C)C(C)C. The molecule has 22 heavy (non-hydrogen) atoms. The lowest BCUT2D eigenvalue weighted by Crippen LogP contribution is -2.16. The molecule has 2 rings (SSSR count). The summed E-state index contributed by atoms with van der Waals surface area (Å²) in [5.74, 6) is 0.0730. The molecule has 0 aliphatic carbocycles. The third kappa shape index (κ3) is 2.78. The van der Waals surface area contributed by atoms with E-state index in [0.29, 0.717) is 22.5 Å². The van der Waals surface area contributed by atoms with E-state index < -0.39 is 0 Å². The minimum Gasteiger partial charge on any atom is -0.366 e. The summed E-state index contributed by atoms with van der Waals surface area (Å²) in [6.07, 6.45) is 0. The number of hydrogen-bond donors (Lipinski definition) is 1. The van der Waals surface area contributed by atoms with Gasteiger partial charge in [0.15, 0.2) is 0 Å². The fourth-order valence-corrected chi connectivity index (χ4v) is 3.16. The van der Waals surface area contributed by atoms with Gasteiger partial charge in [-0.25, -0.2) is 0 Å². The van der Waals surface area contributed by atoms with Gasteiger partial charge in [-0.1, -0.05) is 37.6 Å². The van der Waals surface area contributed by atoms with Gasteiger partial charge in [0.05, 0.1) is 5.56 Å². The predicted octanol–water partition coefficient (Wildman–Crippen LogP) is 4.74. The second kappa shape index (κ2) is 6.17. The molecule has 0 saturated carbocycles. The number of primary amides is 1. The van der Waals surface area contributed by atoms with Crippen LogP contribution >= 0.6 is 11.6 Å². The summed E-state index contributed by atoms with van der Waals surface area (Å²) in [6.45, 7) is 10.5. The second-order valence-electron chi connectivity index (χ2n) is 6.15. The van der Waals surface area contributed by atoms with Crippen LogP contribution in [-0.2, 0) is 0 Å². The largest absolute Gasteiger partial charge is 0.366 e. The molecule has 1 aromatic carbocycles. The zero-order valence-electron chi connectivity index (χ0n) is 13.8. The van der Waals surface area contributed by atoms with Crippen LogP contribution in [0.15, 0.2) is 24.3 Å². The Balaban J connectivity index is 2.75. The first-order chi connectivity index (χ1) is 10.3. The molecule has 2 N–H and O–H groups in total. The van der Waals surface area contributed by atoms with Crippen molar-refractivity contribution in [3.05, 3.63) is 46.2 Å². The Labute approximate surface area is 137 Å². The highest BCUT2D eigenvalue weighted by Crippen LogP contribution is 2.36. The van der Waals surface area contributed by atoms with Crippen LogP contribution in [0.4, 0.5) is 0 Å². The quantitative estimate of drug-likeness (QED) is 0.869. The summed E-state index contributed by atoms with van der Waals surface area (Å²) in [6, 6.07) is 7.82. The summed E-state index contributed by atoms with van der Waals surface area (Å²) < 4.78 is 2.22. The number of nitrogens with two attached hydrogens (primary N) is 1. The first-order valence-electron chi connectivity index (χ1n) is 7.52. The van der Waals surface area contributed by atoms with Crippen LogP contribution in [0.1, 0.15) is 48.6 Å². The Morgan fingerprint density at radius 1 is 1.09 bits per heavy atom. The molecule has 0 aliphatic heterocycles. The number of aromatic nitrogens is 1. The molecule has 3 nitrogen and oxygen atoms in total. The topological polar surface area (TPSA) is 48.0 Å². The Bertz CT molecular complexity index is 699. The Kier molecular flexibility index (Phi) is 4.66. The van der Waals surface area contributed by atoms with E-state index in [0.717, 1.165) is 22.5 Å². The molecule has 1 unspecified atom stereocenters. The van der Waals surface area contributed by atoms with Gasteiger partial charge in [0, 0.05) is 28.0 Å². The molecular formula is C18H23ClN2O. The van der Waals surface area contributed by atoms with Crippen molar-refractivity contribution in [2.75, 3.05) is 0 Å². The highest BCUT2D eigenvalue weighted by atomic mass is 35.5. The van der Waals surface area contributed by atoms with Crippen molar-refractivity contribution in [3.8, 4) is 11.1 Å². The van der Waals surface area contributed by atoms with Crippen molar-refractivity contribution in [1.29, 1.82) is 0 Å². The van der Waals surface area contributed by atoms with E-state index in [1.807, 2.05) is 38.1 Å². The van der Waals surface area contributed by atoms with Crippen LogP contribution in [0.2, 0.25) is 5.02 Å². The molecule has 0 aliphatic rings. The summed E-state index contributed by atoms with van der Waals surface area (Å²) >= 11 is 5.97. The van der Waals surface area contributed by atoms with Gasteiger partial charge < -0.3 is 10.3 Å². The van der Waals surface area contributed by atoms with Gasteiger partial charge in [0.2, 0.25) is 0 Å². The summed E-state index contributed by atoms with van der Waals surface area (Å²) in [4.78, 5) is 12.0. The number of carbonyl (C=O) groups excluding carboxylic acids is 1. The molecule has 4 heteroatoms. The molecule has 1 amide bonds. The van der Waals surface area contributed by atoms with E-state index in [4.69, 9.17) is 17.3 Å². The van der Waals surface area contributed by atoms with Gasteiger partial charge >= 0.3 is 0 Å². The van der Waals surface area contributed by atoms with Crippen LogP contribution < -0.4 is 5.73 Å². The third-order valence-corrected chi connectivity index (χ3v) is 4.70. The molecule has 1 atom stereocenters. The van der Waals surface area contributed by atoms with Crippen molar-refractivity contribution in [1.82, 2.24) is 4.57 Å². The molecule has 0 spiro atoms. The van der Waals surface area contributed by atoms with Crippen LogP contribution in [0.25, 0.3) is 11.1 Å². The maximum absolute atomic E-state index is 12.0. The average Bonchev–Trinajstić information content (AvgIpc) is 2.70.